The highest BCUT2D eigenvalue weighted by atomic mass is 16.2. The zero-order valence-corrected chi connectivity index (χ0v) is 8.92. The van der Waals surface area contributed by atoms with Crippen molar-refractivity contribution in [2.75, 3.05) is 13.6 Å². The molecular formula is C8H19N5O. The minimum absolute atomic E-state index is 0.0664. The van der Waals surface area contributed by atoms with Crippen molar-refractivity contribution in [2.24, 2.45) is 10.8 Å². The Morgan fingerprint density at radius 3 is 2.64 bits per heavy atom. The molecule has 0 saturated carbocycles. The van der Waals surface area contributed by atoms with E-state index < -0.39 is 0 Å². The molecular weight excluding hydrogens is 182 g/mol. The molecule has 0 saturated heterocycles. The molecule has 0 aliphatic rings. The summed E-state index contributed by atoms with van der Waals surface area (Å²) < 4.78 is 0. The van der Waals surface area contributed by atoms with Gasteiger partial charge in [-0.05, 0) is 13.3 Å². The Labute approximate surface area is 84.3 Å². The van der Waals surface area contributed by atoms with Crippen molar-refractivity contribution in [1.82, 2.24) is 16.1 Å². The highest BCUT2D eigenvalue weighted by Gasteiger charge is 2.12. The lowest BCUT2D eigenvalue weighted by atomic mass is 10.3. The van der Waals surface area contributed by atoms with Crippen LogP contribution in [0.25, 0.3) is 0 Å². The summed E-state index contributed by atoms with van der Waals surface area (Å²) >= 11 is 0. The van der Waals surface area contributed by atoms with Crippen molar-refractivity contribution < 1.29 is 4.79 Å². The minimum atomic E-state index is -0.351. The van der Waals surface area contributed by atoms with E-state index in [0.29, 0.717) is 12.5 Å². The zero-order valence-electron chi connectivity index (χ0n) is 8.92. The SMILES string of the molecule is CCCNC(=O)C(C)NC(=NC)NN. The zero-order chi connectivity index (χ0) is 11.0. The fourth-order valence-electron chi connectivity index (χ4n) is 0.843. The molecule has 1 atom stereocenters. The Morgan fingerprint density at radius 1 is 1.57 bits per heavy atom. The van der Waals surface area contributed by atoms with Crippen molar-refractivity contribution in [2.45, 2.75) is 26.3 Å². The maximum atomic E-state index is 11.4. The first-order valence-corrected chi connectivity index (χ1v) is 4.63. The largest absolute Gasteiger partial charge is 0.354 e. The van der Waals surface area contributed by atoms with Crippen LogP contribution in [0.1, 0.15) is 20.3 Å². The summed E-state index contributed by atoms with van der Waals surface area (Å²) in [7, 11) is 1.58. The van der Waals surface area contributed by atoms with E-state index in [-0.39, 0.29) is 11.9 Å². The topological polar surface area (TPSA) is 91.5 Å². The molecule has 0 heterocycles. The van der Waals surface area contributed by atoms with Crippen LogP contribution < -0.4 is 21.9 Å². The quantitative estimate of drug-likeness (QED) is 0.202. The summed E-state index contributed by atoms with van der Waals surface area (Å²) in [6, 6.07) is -0.351. The van der Waals surface area contributed by atoms with Crippen LogP contribution in [-0.4, -0.2) is 31.5 Å². The molecule has 0 spiro atoms. The molecule has 0 aromatic rings. The lowest BCUT2D eigenvalue weighted by Gasteiger charge is -2.15. The van der Waals surface area contributed by atoms with Crippen LogP contribution in [0.15, 0.2) is 4.99 Å². The Morgan fingerprint density at radius 2 is 2.21 bits per heavy atom. The summed E-state index contributed by atoms with van der Waals surface area (Å²) in [5.41, 5.74) is 2.35. The third kappa shape index (κ3) is 4.66. The molecule has 0 aromatic carbocycles. The van der Waals surface area contributed by atoms with Crippen molar-refractivity contribution >= 4 is 11.9 Å². The van der Waals surface area contributed by atoms with Gasteiger partial charge >= 0.3 is 0 Å². The summed E-state index contributed by atoms with van der Waals surface area (Å²) in [5, 5.41) is 5.59. The maximum Gasteiger partial charge on any atom is 0.242 e. The number of amides is 1. The number of hydrogen-bond donors (Lipinski definition) is 4. The predicted molar refractivity (Wildman–Crippen MR) is 56.6 cm³/mol. The van der Waals surface area contributed by atoms with Gasteiger partial charge in [-0.15, -0.1) is 0 Å². The Balaban J connectivity index is 3.94. The first-order valence-electron chi connectivity index (χ1n) is 4.63. The van der Waals surface area contributed by atoms with Gasteiger partial charge in [0.25, 0.3) is 0 Å². The monoisotopic (exact) mass is 201 g/mol. The van der Waals surface area contributed by atoms with E-state index in [2.05, 4.69) is 21.1 Å². The molecule has 0 radical (unpaired) electrons. The number of nitrogens with two attached hydrogens (primary N) is 1. The highest BCUT2D eigenvalue weighted by Crippen LogP contribution is 1.82. The second-order valence-corrected chi connectivity index (χ2v) is 2.87. The summed E-state index contributed by atoms with van der Waals surface area (Å²) in [6.07, 6.45) is 0.919. The number of guanidine groups is 1. The van der Waals surface area contributed by atoms with E-state index in [0.717, 1.165) is 6.42 Å². The van der Waals surface area contributed by atoms with Crippen molar-refractivity contribution in [3.8, 4) is 0 Å². The molecule has 1 amide bonds. The number of hydrogen-bond acceptors (Lipinski definition) is 3. The number of hydrazine groups is 1. The molecule has 0 aliphatic heterocycles. The van der Waals surface area contributed by atoms with E-state index in [4.69, 9.17) is 5.84 Å². The van der Waals surface area contributed by atoms with Crippen molar-refractivity contribution in [3.63, 3.8) is 0 Å². The molecule has 82 valence electrons. The van der Waals surface area contributed by atoms with Gasteiger partial charge in [0.2, 0.25) is 11.9 Å². The second-order valence-electron chi connectivity index (χ2n) is 2.87. The third-order valence-corrected chi connectivity index (χ3v) is 1.66. The maximum absolute atomic E-state index is 11.4. The molecule has 0 rings (SSSR count). The van der Waals surface area contributed by atoms with Crippen LogP contribution in [0.4, 0.5) is 0 Å². The van der Waals surface area contributed by atoms with Crippen molar-refractivity contribution in [1.29, 1.82) is 0 Å². The highest BCUT2D eigenvalue weighted by molar-refractivity contribution is 5.88. The van der Waals surface area contributed by atoms with Gasteiger partial charge in [0.15, 0.2) is 0 Å². The van der Waals surface area contributed by atoms with Gasteiger partial charge in [-0.25, -0.2) is 5.84 Å². The number of aliphatic imine (C=N–C) groups is 1. The minimum Gasteiger partial charge on any atom is -0.354 e. The lowest BCUT2D eigenvalue weighted by molar-refractivity contribution is -0.122. The van der Waals surface area contributed by atoms with Crippen LogP contribution in [-0.2, 0) is 4.79 Å². The van der Waals surface area contributed by atoms with Gasteiger partial charge in [-0.2, -0.15) is 0 Å². The Bertz CT molecular complexity index is 204. The first kappa shape index (κ1) is 12.7. The van der Waals surface area contributed by atoms with Gasteiger partial charge in [-0.1, -0.05) is 6.92 Å². The fourth-order valence-corrected chi connectivity index (χ4v) is 0.843. The number of carbonyl (C=O) groups excluding carboxylic acids is 1. The van der Waals surface area contributed by atoms with Gasteiger partial charge < -0.3 is 10.6 Å². The van der Waals surface area contributed by atoms with Gasteiger partial charge in [0.05, 0.1) is 0 Å². The van der Waals surface area contributed by atoms with Crippen LogP contribution in [0.2, 0.25) is 0 Å². The molecule has 0 aromatic heterocycles. The van der Waals surface area contributed by atoms with Crippen LogP contribution in [0.5, 0.6) is 0 Å². The summed E-state index contributed by atoms with van der Waals surface area (Å²) in [6.45, 7) is 4.42. The number of nitrogens with zero attached hydrogens (tertiary/aromatic N) is 1. The molecule has 1 unspecified atom stereocenters. The molecule has 6 heteroatoms. The van der Waals surface area contributed by atoms with Crippen LogP contribution in [0, 0.1) is 0 Å². The summed E-state index contributed by atoms with van der Waals surface area (Å²) in [4.78, 5) is 15.2. The third-order valence-electron chi connectivity index (χ3n) is 1.66. The standard InChI is InChI=1S/C8H19N5O/c1-4-5-11-7(14)6(2)12-8(10-3)13-9/h6H,4-5,9H2,1-3H3,(H,11,14)(H2,10,12,13). The van der Waals surface area contributed by atoms with Crippen LogP contribution in [0.3, 0.4) is 0 Å². The average Bonchev–Trinajstić information content (AvgIpc) is 2.21. The molecule has 0 aliphatic carbocycles. The van der Waals surface area contributed by atoms with Crippen molar-refractivity contribution in [3.05, 3.63) is 0 Å². The smallest absolute Gasteiger partial charge is 0.242 e. The van der Waals surface area contributed by atoms with Gasteiger partial charge in [-0.3, -0.25) is 15.2 Å². The van der Waals surface area contributed by atoms with Crippen LogP contribution >= 0.6 is 0 Å². The average molecular weight is 201 g/mol. The predicted octanol–water partition coefficient (Wildman–Crippen LogP) is -1.06. The molecule has 0 bridgehead atoms. The lowest BCUT2D eigenvalue weighted by Crippen LogP contribution is -2.51. The number of carbonyl (C=O) groups is 1. The number of rotatable bonds is 4. The fraction of sp³-hybridized carbons (Fsp3) is 0.750. The van der Waals surface area contributed by atoms with E-state index in [9.17, 15) is 4.79 Å². The van der Waals surface area contributed by atoms with E-state index >= 15 is 0 Å². The second kappa shape index (κ2) is 7.14. The van der Waals surface area contributed by atoms with Gasteiger partial charge in [0.1, 0.15) is 6.04 Å². The Hall–Kier alpha value is -1.30. The van der Waals surface area contributed by atoms with E-state index in [1.807, 2.05) is 6.92 Å². The first-order chi connectivity index (χ1) is 6.65. The van der Waals surface area contributed by atoms with E-state index in [1.165, 1.54) is 0 Å². The molecule has 6 nitrogen and oxygen atoms in total. The number of nitrogens with one attached hydrogen (secondary N) is 3. The normalized spacial score (nSPS) is 13.3. The van der Waals surface area contributed by atoms with E-state index in [1.54, 1.807) is 14.0 Å². The molecule has 0 fully saturated rings. The Kier molecular flexibility index (Phi) is 6.47. The van der Waals surface area contributed by atoms with Gasteiger partial charge in [0, 0.05) is 13.6 Å². The summed E-state index contributed by atoms with van der Waals surface area (Å²) in [5.74, 6) is 5.48. The molecule has 14 heavy (non-hydrogen) atoms. The molecule has 5 N–H and O–H groups in total.